The number of carboxylic acid groups (broad SMARTS) is 1. The molecule has 0 aliphatic rings. The van der Waals surface area contributed by atoms with E-state index in [0.717, 1.165) is 6.20 Å². The molecule has 1 unspecified atom stereocenters. The van der Waals surface area contributed by atoms with Crippen LogP contribution in [0.15, 0.2) is 18.3 Å². The maximum absolute atomic E-state index is 12.9. The lowest BCUT2D eigenvalue weighted by molar-refractivity contribution is -0.139. The van der Waals surface area contributed by atoms with Crippen LogP contribution in [0.4, 0.5) is 4.39 Å². The summed E-state index contributed by atoms with van der Waals surface area (Å²) < 4.78 is 12.9. The van der Waals surface area contributed by atoms with E-state index in [-0.39, 0.29) is 6.42 Å². The van der Waals surface area contributed by atoms with E-state index < -0.39 is 22.7 Å². The fourth-order valence-corrected chi connectivity index (χ4v) is 2.33. The van der Waals surface area contributed by atoms with Gasteiger partial charge in [-0.3, -0.25) is 9.78 Å². The van der Waals surface area contributed by atoms with Crippen LogP contribution in [-0.4, -0.2) is 21.6 Å². The summed E-state index contributed by atoms with van der Waals surface area (Å²) in [6.07, 6.45) is 1.47. The van der Waals surface area contributed by atoms with Crippen LogP contribution in [0.3, 0.4) is 0 Å². The Kier molecular flexibility index (Phi) is 4.06. The van der Waals surface area contributed by atoms with Crippen LogP contribution in [-0.2, 0) is 10.2 Å². The summed E-state index contributed by atoms with van der Waals surface area (Å²) >= 11 is 0. The molecule has 1 heterocycles. The lowest BCUT2D eigenvalue weighted by Crippen LogP contribution is -2.55. The second kappa shape index (κ2) is 5.02. The van der Waals surface area contributed by atoms with E-state index in [1.807, 2.05) is 6.92 Å². The minimum absolute atomic E-state index is 0.133. The third-order valence-corrected chi connectivity index (χ3v) is 3.51. The normalized spacial score (nSPS) is 15.2. The highest BCUT2D eigenvalue weighted by Crippen LogP contribution is 2.39. The number of carboxylic acids is 1. The van der Waals surface area contributed by atoms with E-state index in [4.69, 9.17) is 10.8 Å². The van der Waals surface area contributed by atoms with Gasteiger partial charge >= 0.3 is 5.97 Å². The number of nitrogens with two attached hydrogens (primary N) is 1. The quantitative estimate of drug-likeness (QED) is 0.843. The zero-order valence-corrected chi connectivity index (χ0v) is 10.9. The number of hydrogen-bond donors (Lipinski definition) is 2. The maximum atomic E-state index is 12.9. The van der Waals surface area contributed by atoms with Crippen molar-refractivity contribution < 1.29 is 14.3 Å². The molecule has 0 aromatic carbocycles. The van der Waals surface area contributed by atoms with Crippen molar-refractivity contribution in [2.75, 3.05) is 0 Å². The van der Waals surface area contributed by atoms with Gasteiger partial charge in [0.1, 0.15) is 5.82 Å². The molecule has 0 saturated heterocycles. The van der Waals surface area contributed by atoms with E-state index >= 15 is 0 Å². The number of carbonyl (C=O) groups is 1. The smallest absolute Gasteiger partial charge is 0.304 e. The number of pyridine rings is 1. The minimum atomic E-state index is -0.943. The molecule has 1 rings (SSSR count). The molecule has 0 aliphatic carbocycles. The van der Waals surface area contributed by atoms with Crippen molar-refractivity contribution in [2.45, 2.75) is 44.6 Å². The van der Waals surface area contributed by atoms with Gasteiger partial charge in [0, 0.05) is 16.6 Å². The third-order valence-electron chi connectivity index (χ3n) is 3.51. The number of aliphatic carboxylic acids is 1. The summed E-state index contributed by atoms with van der Waals surface area (Å²) in [5.41, 5.74) is 5.08. The SMILES string of the molecule is CCC(CC(=O)O)(c1ccc(F)cn1)C(C)(C)N. The molecule has 0 bridgehead atoms. The molecule has 3 N–H and O–H groups in total. The van der Waals surface area contributed by atoms with Crippen LogP contribution in [0.2, 0.25) is 0 Å². The van der Waals surface area contributed by atoms with Crippen molar-refractivity contribution in [3.63, 3.8) is 0 Å². The molecule has 0 radical (unpaired) electrons. The first-order valence-corrected chi connectivity index (χ1v) is 5.85. The molecular weight excluding hydrogens is 235 g/mol. The Morgan fingerprint density at radius 1 is 1.50 bits per heavy atom. The fraction of sp³-hybridized carbons (Fsp3) is 0.538. The predicted molar refractivity (Wildman–Crippen MR) is 66.7 cm³/mol. The lowest BCUT2D eigenvalue weighted by atomic mass is 9.65. The summed E-state index contributed by atoms with van der Waals surface area (Å²) in [7, 11) is 0. The van der Waals surface area contributed by atoms with E-state index in [9.17, 15) is 9.18 Å². The van der Waals surface area contributed by atoms with Gasteiger partial charge in [-0.25, -0.2) is 4.39 Å². The topological polar surface area (TPSA) is 76.2 Å². The molecule has 100 valence electrons. The Hall–Kier alpha value is -1.49. The number of halogens is 1. The fourth-order valence-electron chi connectivity index (χ4n) is 2.33. The largest absolute Gasteiger partial charge is 0.481 e. The minimum Gasteiger partial charge on any atom is -0.481 e. The molecule has 0 fully saturated rings. The second-order valence-corrected chi connectivity index (χ2v) is 5.09. The molecule has 0 aliphatic heterocycles. The molecular formula is C13H19FN2O2. The van der Waals surface area contributed by atoms with E-state index in [0.29, 0.717) is 12.1 Å². The molecule has 1 aromatic rings. The molecule has 1 aromatic heterocycles. The van der Waals surface area contributed by atoms with Gasteiger partial charge in [-0.2, -0.15) is 0 Å². The Labute approximate surface area is 106 Å². The number of aromatic nitrogens is 1. The molecule has 4 nitrogen and oxygen atoms in total. The Morgan fingerprint density at radius 3 is 2.44 bits per heavy atom. The summed E-state index contributed by atoms with van der Waals surface area (Å²) in [4.78, 5) is 15.1. The van der Waals surface area contributed by atoms with Crippen molar-refractivity contribution in [1.29, 1.82) is 0 Å². The standard InChI is InChI=1S/C13H19FN2O2/c1-4-13(7-11(17)18,12(2,3)15)10-6-5-9(14)8-16-10/h5-6,8H,4,7,15H2,1-3H3,(H,17,18). The predicted octanol–water partition coefficient (Wildman–Crippen LogP) is 2.08. The summed E-state index contributed by atoms with van der Waals surface area (Å²) in [5, 5.41) is 9.10. The Balaban J connectivity index is 3.34. The van der Waals surface area contributed by atoms with Crippen LogP contribution < -0.4 is 5.73 Å². The lowest BCUT2D eigenvalue weighted by Gasteiger charge is -2.42. The highest BCUT2D eigenvalue weighted by atomic mass is 19.1. The van der Waals surface area contributed by atoms with E-state index in [1.165, 1.54) is 12.1 Å². The van der Waals surface area contributed by atoms with E-state index in [1.54, 1.807) is 13.8 Å². The zero-order chi connectivity index (χ0) is 14.0. The van der Waals surface area contributed by atoms with Crippen LogP contribution in [0, 0.1) is 5.82 Å². The summed E-state index contributed by atoms with van der Waals surface area (Å²) in [5.74, 6) is -1.39. The van der Waals surface area contributed by atoms with Crippen LogP contribution >= 0.6 is 0 Å². The van der Waals surface area contributed by atoms with Gasteiger partial charge in [-0.15, -0.1) is 0 Å². The molecule has 0 amide bonds. The molecule has 18 heavy (non-hydrogen) atoms. The molecule has 0 spiro atoms. The highest BCUT2D eigenvalue weighted by molar-refractivity contribution is 5.69. The van der Waals surface area contributed by atoms with Crippen molar-refractivity contribution in [1.82, 2.24) is 4.98 Å². The van der Waals surface area contributed by atoms with Crippen LogP contribution in [0.25, 0.3) is 0 Å². The first-order valence-electron chi connectivity index (χ1n) is 5.85. The van der Waals surface area contributed by atoms with Gasteiger partial charge < -0.3 is 10.8 Å². The molecule has 0 saturated carbocycles. The van der Waals surface area contributed by atoms with Gasteiger partial charge in [0.25, 0.3) is 0 Å². The highest BCUT2D eigenvalue weighted by Gasteiger charge is 2.45. The number of hydrogen-bond acceptors (Lipinski definition) is 3. The Bertz CT molecular complexity index is 426. The van der Waals surface area contributed by atoms with Crippen LogP contribution in [0.1, 0.15) is 39.3 Å². The maximum Gasteiger partial charge on any atom is 0.304 e. The second-order valence-electron chi connectivity index (χ2n) is 5.09. The van der Waals surface area contributed by atoms with Crippen LogP contribution in [0.5, 0.6) is 0 Å². The van der Waals surface area contributed by atoms with Gasteiger partial charge in [0.2, 0.25) is 0 Å². The monoisotopic (exact) mass is 254 g/mol. The summed E-state index contributed by atoms with van der Waals surface area (Å²) in [6.45, 7) is 5.40. The zero-order valence-electron chi connectivity index (χ0n) is 10.9. The Morgan fingerprint density at radius 2 is 2.11 bits per heavy atom. The average Bonchev–Trinajstić information content (AvgIpc) is 2.25. The van der Waals surface area contributed by atoms with Crippen molar-refractivity contribution in [2.24, 2.45) is 5.73 Å². The van der Waals surface area contributed by atoms with Crippen molar-refractivity contribution in [3.8, 4) is 0 Å². The first kappa shape index (κ1) is 14.6. The van der Waals surface area contributed by atoms with E-state index in [2.05, 4.69) is 4.98 Å². The third kappa shape index (κ3) is 2.67. The number of rotatable bonds is 5. The first-order chi connectivity index (χ1) is 8.23. The molecule has 5 heteroatoms. The summed E-state index contributed by atoms with van der Waals surface area (Å²) in [6, 6.07) is 2.79. The van der Waals surface area contributed by atoms with Gasteiger partial charge in [-0.05, 0) is 32.4 Å². The molecule has 1 atom stereocenters. The average molecular weight is 254 g/mol. The van der Waals surface area contributed by atoms with Gasteiger partial charge in [0.05, 0.1) is 12.6 Å². The number of nitrogens with zero attached hydrogens (tertiary/aromatic N) is 1. The van der Waals surface area contributed by atoms with Gasteiger partial charge in [0.15, 0.2) is 0 Å². The van der Waals surface area contributed by atoms with Crippen molar-refractivity contribution >= 4 is 5.97 Å². The van der Waals surface area contributed by atoms with Gasteiger partial charge in [-0.1, -0.05) is 6.92 Å². The van der Waals surface area contributed by atoms with Crippen molar-refractivity contribution in [3.05, 3.63) is 29.8 Å².